The van der Waals surface area contributed by atoms with Crippen LogP contribution in [-0.4, -0.2) is 27.7 Å². The number of halogens is 1. The number of fused-ring (bicyclic) bond motifs is 2. The van der Waals surface area contributed by atoms with Gasteiger partial charge in [-0.1, -0.05) is 49.4 Å². The molecule has 39 heavy (non-hydrogen) atoms. The van der Waals surface area contributed by atoms with Crippen molar-refractivity contribution in [2.45, 2.75) is 45.2 Å². The molecule has 0 radical (unpaired) electrons. The first-order chi connectivity index (χ1) is 18.6. The van der Waals surface area contributed by atoms with Crippen molar-refractivity contribution in [3.05, 3.63) is 95.6 Å². The van der Waals surface area contributed by atoms with E-state index in [1.165, 1.54) is 41.9 Å². The molecule has 0 aliphatic heterocycles. The molecule has 1 aliphatic rings. The molecule has 2 heterocycles. The maximum absolute atomic E-state index is 13.1. The highest BCUT2D eigenvalue weighted by Gasteiger charge is 2.34. The molecule has 1 fully saturated rings. The number of ether oxygens (including phenoxy) is 1. The number of benzene rings is 3. The molecule has 2 aromatic heterocycles. The molecule has 0 amide bonds. The molecule has 3 aromatic carbocycles. The topological polar surface area (TPSA) is 94.3 Å². The Labute approximate surface area is 227 Å². The van der Waals surface area contributed by atoms with Crippen molar-refractivity contribution < 1.29 is 22.1 Å². The average Bonchev–Trinajstić information content (AvgIpc) is 3.58. The largest absolute Gasteiger partial charge is 0.470 e. The summed E-state index contributed by atoms with van der Waals surface area (Å²) in [6.07, 6.45) is 3.09. The van der Waals surface area contributed by atoms with E-state index in [4.69, 9.17) is 9.29 Å². The lowest BCUT2D eigenvalue weighted by molar-refractivity contribution is 0.292. The van der Waals surface area contributed by atoms with E-state index in [0.717, 1.165) is 45.6 Å². The van der Waals surface area contributed by atoms with Crippen molar-refractivity contribution in [2.75, 3.05) is 0 Å². The standard InChI is InChI=1S/C20H22FN3O.C10H8O3S/c1-12-8-16(12)10-24-14(3)13(2)18-9-22-23-20(19(18)24)25-11-15-4-6-17(21)7-5-15;11-14(12,13)10-6-5-8-3-1-2-4-9(8)7-10/h4-7,9,12,16H,8,10-11H2,1-3H3;1-7H,(H,11,12,13)/t12-,16+;/m0./s1. The van der Waals surface area contributed by atoms with Gasteiger partial charge in [0.25, 0.3) is 16.0 Å². The fourth-order valence-electron chi connectivity index (χ4n) is 4.74. The Balaban J connectivity index is 0.000000186. The van der Waals surface area contributed by atoms with Gasteiger partial charge in [-0.25, -0.2) is 4.39 Å². The third-order valence-corrected chi connectivity index (χ3v) is 8.27. The number of hydrogen-bond donors (Lipinski definition) is 1. The molecule has 1 saturated carbocycles. The molecule has 9 heteroatoms. The zero-order valence-electron chi connectivity index (χ0n) is 22.0. The fourth-order valence-corrected chi connectivity index (χ4v) is 5.25. The van der Waals surface area contributed by atoms with Crippen LogP contribution in [-0.2, 0) is 23.3 Å². The zero-order chi connectivity index (χ0) is 27.7. The van der Waals surface area contributed by atoms with Gasteiger partial charge in [-0.3, -0.25) is 4.55 Å². The Morgan fingerprint density at radius 2 is 1.74 bits per heavy atom. The lowest BCUT2D eigenvalue weighted by Gasteiger charge is -2.11. The fraction of sp³-hybridized carbons (Fsp3) is 0.267. The third-order valence-electron chi connectivity index (χ3n) is 7.42. The van der Waals surface area contributed by atoms with Gasteiger partial charge < -0.3 is 9.30 Å². The summed E-state index contributed by atoms with van der Waals surface area (Å²) in [5.74, 6) is 1.82. The van der Waals surface area contributed by atoms with Crippen LogP contribution in [0, 0.1) is 31.5 Å². The van der Waals surface area contributed by atoms with Gasteiger partial charge in [0.2, 0.25) is 0 Å². The third kappa shape index (κ3) is 5.94. The Bertz CT molecular complexity index is 1750. The number of aryl methyl sites for hydroxylation is 1. The second kappa shape index (κ2) is 10.7. The van der Waals surface area contributed by atoms with Gasteiger partial charge in [0, 0.05) is 17.6 Å². The molecular formula is C30H30FN3O4S. The van der Waals surface area contributed by atoms with Crippen molar-refractivity contribution in [1.29, 1.82) is 0 Å². The Hall–Kier alpha value is -3.82. The number of rotatable bonds is 6. The summed E-state index contributed by atoms with van der Waals surface area (Å²) < 4.78 is 51.8. The summed E-state index contributed by atoms with van der Waals surface area (Å²) in [5, 5.41) is 11.2. The van der Waals surface area contributed by atoms with Gasteiger partial charge in [-0.15, -0.1) is 5.10 Å². The van der Waals surface area contributed by atoms with Crippen LogP contribution in [0.5, 0.6) is 5.88 Å². The van der Waals surface area contributed by atoms with E-state index in [0.29, 0.717) is 12.5 Å². The zero-order valence-corrected chi connectivity index (χ0v) is 22.8. The van der Waals surface area contributed by atoms with E-state index in [1.54, 1.807) is 24.3 Å². The van der Waals surface area contributed by atoms with Gasteiger partial charge in [-0.05, 0) is 78.3 Å². The van der Waals surface area contributed by atoms with Crippen molar-refractivity contribution in [3.63, 3.8) is 0 Å². The number of nitrogens with zero attached hydrogens (tertiary/aromatic N) is 3. The summed E-state index contributed by atoms with van der Waals surface area (Å²) in [5.41, 5.74) is 4.40. The maximum atomic E-state index is 13.1. The van der Waals surface area contributed by atoms with Gasteiger partial charge in [0.15, 0.2) is 0 Å². The van der Waals surface area contributed by atoms with E-state index in [2.05, 4.69) is 35.5 Å². The highest BCUT2D eigenvalue weighted by atomic mass is 32.2. The van der Waals surface area contributed by atoms with Crippen LogP contribution >= 0.6 is 0 Å². The van der Waals surface area contributed by atoms with Crippen molar-refractivity contribution in [2.24, 2.45) is 11.8 Å². The Kier molecular flexibility index (Phi) is 7.38. The molecule has 0 unspecified atom stereocenters. The second-order valence-corrected chi connectivity index (χ2v) is 11.5. The average molecular weight is 548 g/mol. The smallest absolute Gasteiger partial charge is 0.294 e. The highest BCUT2D eigenvalue weighted by molar-refractivity contribution is 7.85. The molecule has 7 nitrogen and oxygen atoms in total. The van der Waals surface area contributed by atoms with Gasteiger partial charge >= 0.3 is 0 Å². The Morgan fingerprint density at radius 3 is 2.41 bits per heavy atom. The van der Waals surface area contributed by atoms with E-state index in [9.17, 15) is 12.8 Å². The number of aromatic nitrogens is 3. The van der Waals surface area contributed by atoms with Crippen molar-refractivity contribution in [1.82, 2.24) is 14.8 Å². The molecule has 202 valence electrons. The lowest BCUT2D eigenvalue weighted by Crippen LogP contribution is -2.06. The first-order valence-electron chi connectivity index (χ1n) is 12.8. The number of hydrogen-bond acceptors (Lipinski definition) is 5. The minimum atomic E-state index is -4.09. The van der Waals surface area contributed by atoms with Crippen LogP contribution in [0.3, 0.4) is 0 Å². The summed E-state index contributed by atoms with van der Waals surface area (Å²) in [6, 6.07) is 18.2. The van der Waals surface area contributed by atoms with Crippen LogP contribution in [0.4, 0.5) is 4.39 Å². The van der Waals surface area contributed by atoms with E-state index in [1.807, 2.05) is 24.4 Å². The van der Waals surface area contributed by atoms with E-state index >= 15 is 0 Å². The molecule has 2 atom stereocenters. The lowest BCUT2D eigenvalue weighted by atomic mass is 10.1. The van der Waals surface area contributed by atoms with E-state index in [-0.39, 0.29) is 10.7 Å². The normalized spacial score (nSPS) is 16.6. The quantitative estimate of drug-likeness (QED) is 0.244. The van der Waals surface area contributed by atoms with Crippen molar-refractivity contribution in [3.8, 4) is 5.88 Å². The minimum Gasteiger partial charge on any atom is -0.470 e. The molecular weight excluding hydrogens is 517 g/mol. The minimum absolute atomic E-state index is 0.0730. The molecule has 0 bridgehead atoms. The van der Waals surface area contributed by atoms with Crippen LogP contribution in [0.1, 0.15) is 30.2 Å². The second-order valence-electron chi connectivity index (χ2n) is 10.1. The first kappa shape index (κ1) is 26.8. The monoisotopic (exact) mass is 547 g/mol. The first-order valence-corrected chi connectivity index (χ1v) is 14.2. The van der Waals surface area contributed by atoms with E-state index < -0.39 is 10.1 Å². The molecule has 0 spiro atoms. The van der Waals surface area contributed by atoms with Crippen LogP contribution in [0.15, 0.2) is 77.8 Å². The Morgan fingerprint density at radius 1 is 1.05 bits per heavy atom. The maximum Gasteiger partial charge on any atom is 0.294 e. The van der Waals surface area contributed by atoms with Crippen molar-refractivity contribution >= 4 is 31.8 Å². The molecule has 6 rings (SSSR count). The van der Waals surface area contributed by atoms with Crippen LogP contribution in [0.25, 0.3) is 21.7 Å². The predicted octanol–water partition coefficient (Wildman–Crippen LogP) is 6.51. The van der Waals surface area contributed by atoms with Gasteiger partial charge in [-0.2, -0.15) is 13.5 Å². The summed E-state index contributed by atoms with van der Waals surface area (Å²) >= 11 is 0. The summed E-state index contributed by atoms with van der Waals surface area (Å²) in [7, 11) is -4.09. The molecule has 5 aromatic rings. The molecule has 1 N–H and O–H groups in total. The SMILES string of the molecule is Cc1c(C)n(C[C@H]2C[C@@H]2C)c2c(OCc3ccc(F)cc3)nncc12.O=S(=O)(O)c1ccc2ccccc2c1. The van der Waals surface area contributed by atoms with Crippen LogP contribution < -0.4 is 4.74 Å². The summed E-state index contributed by atoms with van der Waals surface area (Å²) in [4.78, 5) is -0.0730. The van der Waals surface area contributed by atoms with Crippen LogP contribution in [0.2, 0.25) is 0 Å². The summed E-state index contributed by atoms with van der Waals surface area (Å²) in [6.45, 7) is 7.90. The molecule has 1 aliphatic carbocycles. The van der Waals surface area contributed by atoms with Gasteiger partial charge in [0.05, 0.1) is 11.1 Å². The molecule has 0 saturated heterocycles. The highest BCUT2D eigenvalue weighted by Crippen LogP contribution is 2.41. The predicted molar refractivity (Wildman–Crippen MR) is 149 cm³/mol. The van der Waals surface area contributed by atoms with Gasteiger partial charge in [0.1, 0.15) is 17.9 Å².